The number of rotatable bonds is 11. The number of nitrogens with one attached hydrogen (secondary N) is 1. The summed E-state index contributed by atoms with van der Waals surface area (Å²) in [4.78, 5) is 60.0. The first kappa shape index (κ1) is 29.7. The number of carbonyl (C=O) groups excluding carboxylic acids is 4. The molecule has 0 aliphatic carbocycles. The number of hydrogen-bond acceptors (Lipinski definition) is 13. The Morgan fingerprint density at radius 3 is 2.79 bits per heavy atom. The van der Waals surface area contributed by atoms with Crippen molar-refractivity contribution in [3.05, 3.63) is 58.6 Å². The van der Waals surface area contributed by atoms with Crippen molar-refractivity contribution in [2.75, 3.05) is 25.2 Å². The number of aliphatic hydroxyl groups is 1. The fourth-order valence-electron chi connectivity index (χ4n) is 4.72. The molecule has 2 atom stereocenters. The highest BCUT2D eigenvalue weighted by Gasteiger charge is 2.53. The van der Waals surface area contributed by atoms with Crippen LogP contribution in [0.1, 0.15) is 16.2 Å². The maximum absolute atomic E-state index is 13.2. The molecule has 1 fully saturated rings. The molecule has 43 heavy (non-hydrogen) atoms. The number of aromatic nitrogens is 4. The van der Waals surface area contributed by atoms with Crippen molar-refractivity contribution in [1.29, 1.82) is 0 Å². The van der Waals surface area contributed by atoms with E-state index in [2.05, 4.69) is 20.6 Å². The molecule has 6 N–H and O–H groups in total. The van der Waals surface area contributed by atoms with Gasteiger partial charge >= 0.3 is 0 Å². The van der Waals surface area contributed by atoms with Crippen LogP contribution >= 0.6 is 23.1 Å². The van der Waals surface area contributed by atoms with E-state index in [1.165, 1.54) is 35.0 Å². The highest BCUT2D eigenvalue weighted by Crippen LogP contribution is 2.40. The summed E-state index contributed by atoms with van der Waals surface area (Å²) in [6.07, 6.45) is 3.43. The molecule has 2 aliphatic heterocycles. The average molecular weight is 628 g/mol. The van der Waals surface area contributed by atoms with Gasteiger partial charge in [-0.2, -0.15) is 5.10 Å². The number of thioether (sulfide) groups is 1. The molecule has 18 heteroatoms. The lowest BCUT2D eigenvalue weighted by molar-refractivity contribution is -0.688. The third-order valence-corrected chi connectivity index (χ3v) is 8.57. The summed E-state index contributed by atoms with van der Waals surface area (Å²) >= 11 is 2.39. The van der Waals surface area contributed by atoms with Crippen LogP contribution in [-0.2, 0) is 32.3 Å². The highest BCUT2D eigenvalue weighted by molar-refractivity contribution is 8.00. The van der Waals surface area contributed by atoms with E-state index in [-0.39, 0.29) is 53.4 Å². The van der Waals surface area contributed by atoms with Crippen LogP contribution in [0.3, 0.4) is 0 Å². The number of aliphatic carboxylic acids is 1. The fraction of sp³-hybridized carbons (Fsp3) is 0.280. The number of oxime groups is 1. The number of anilines is 1. The number of nitrogen functional groups attached to an aromatic ring is 1. The molecule has 0 aromatic carbocycles. The molecule has 3 aromatic heterocycles. The summed E-state index contributed by atoms with van der Waals surface area (Å²) in [6.45, 7) is 0.0105. The molecule has 5 heterocycles. The first-order valence-corrected chi connectivity index (χ1v) is 14.5. The monoisotopic (exact) mass is 627 g/mol. The van der Waals surface area contributed by atoms with Crippen molar-refractivity contribution in [2.45, 2.75) is 24.5 Å². The molecular formula is C25H25N9O7S2. The summed E-state index contributed by atoms with van der Waals surface area (Å²) in [6, 6.07) is 3.97. The summed E-state index contributed by atoms with van der Waals surface area (Å²) in [5.74, 6) is -3.37. The van der Waals surface area contributed by atoms with Crippen molar-refractivity contribution >= 4 is 57.6 Å². The molecule has 2 aliphatic rings. The number of carboxylic acids is 1. The van der Waals surface area contributed by atoms with E-state index in [0.717, 1.165) is 16.2 Å². The number of fused-ring (bicyclic) bond motifs is 1. The van der Waals surface area contributed by atoms with E-state index in [4.69, 9.17) is 16.3 Å². The van der Waals surface area contributed by atoms with Gasteiger partial charge in [0.15, 0.2) is 35.5 Å². The zero-order valence-corrected chi connectivity index (χ0v) is 24.1. The number of carbonyl (C=O) groups is 4. The quantitative estimate of drug-likeness (QED) is 0.0746. The second-order valence-corrected chi connectivity index (χ2v) is 11.3. The minimum absolute atomic E-state index is 0.0322. The molecule has 3 aromatic rings. The van der Waals surface area contributed by atoms with Gasteiger partial charge in [0.05, 0.1) is 36.1 Å². The molecule has 0 spiro atoms. The first-order valence-electron chi connectivity index (χ1n) is 12.6. The Labute approximate surface area is 251 Å². The van der Waals surface area contributed by atoms with Gasteiger partial charge in [0.25, 0.3) is 17.7 Å². The van der Waals surface area contributed by atoms with Crippen LogP contribution < -0.4 is 26.5 Å². The summed E-state index contributed by atoms with van der Waals surface area (Å²) in [5, 5.41) is 33.2. The predicted octanol–water partition coefficient (Wildman–Crippen LogP) is -2.58. The third kappa shape index (κ3) is 5.79. The van der Waals surface area contributed by atoms with Crippen molar-refractivity contribution < 1.29 is 38.8 Å². The van der Waals surface area contributed by atoms with Gasteiger partial charge in [-0.05, 0) is 12.1 Å². The Hall–Kier alpha value is -4.81. The summed E-state index contributed by atoms with van der Waals surface area (Å²) in [5.41, 5.74) is 12.4. The Kier molecular flexibility index (Phi) is 8.42. The molecule has 0 unspecified atom stereocenters. The number of thiazole rings is 1. The van der Waals surface area contributed by atoms with E-state index in [9.17, 15) is 29.4 Å². The van der Waals surface area contributed by atoms with Crippen LogP contribution in [0.15, 0.2) is 52.4 Å². The van der Waals surface area contributed by atoms with Gasteiger partial charge in [-0.25, -0.2) is 9.55 Å². The van der Waals surface area contributed by atoms with E-state index < -0.39 is 35.1 Å². The van der Waals surface area contributed by atoms with Crippen molar-refractivity contribution in [2.24, 2.45) is 10.9 Å². The molecule has 16 nitrogen and oxygen atoms in total. The topological polar surface area (TPSA) is 235 Å². The SMILES string of the molecule is CO/N=C(\C(=O)N[C@@H]1C(=O)N2C(C(=O)[O-])=C(C[n+]3cccc(-c4cc(C(N)=O)nn4CCO)c3)CS[C@H]12)c1csc(N)n1. The number of hydrogen-bond donors (Lipinski definition) is 4. The van der Waals surface area contributed by atoms with E-state index in [0.29, 0.717) is 16.8 Å². The van der Waals surface area contributed by atoms with Gasteiger partial charge in [-0.3, -0.25) is 24.0 Å². The Morgan fingerprint density at radius 1 is 1.35 bits per heavy atom. The first-order chi connectivity index (χ1) is 20.6. The van der Waals surface area contributed by atoms with Crippen LogP contribution in [0.2, 0.25) is 0 Å². The summed E-state index contributed by atoms with van der Waals surface area (Å²) < 4.78 is 3.16. The standard InChI is InChI=1S/C25H25N9O7S2/c1-41-31-17(15-11-43-25(27)28-15)21(37)29-18-22(38)34-19(24(39)40)13(10-42-23(18)34)9-32-4-2-3-12(8-32)16-7-14(20(26)36)30-33(16)5-6-35/h2-4,7-8,11,18,23,35H,5-6,9-10H2,1H3,(H5-,26,27,28,29,36,37,39,40)/b31-17-/t18-,23-/m1/s1. The van der Waals surface area contributed by atoms with Crippen LogP contribution in [0.4, 0.5) is 5.13 Å². The molecule has 0 bridgehead atoms. The predicted molar refractivity (Wildman–Crippen MR) is 151 cm³/mol. The van der Waals surface area contributed by atoms with Crippen molar-refractivity contribution in [3.8, 4) is 11.3 Å². The van der Waals surface area contributed by atoms with Gasteiger partial charge in [0.1, 0.15) is 24.2 Å². The smallest absolute Gasteiger partial charge is 0.276 e. The van der Waals surface area contributed by atoms with Gasteiger partial charge in [0.2, 0.25) is 0 Å². The highest BCUT2D eigenvalue weighted by atomic mass is 32.2. The Balaban J connectivity index is 1.37. The number of pyridine rings is 1. The van der Waals surface area contributed by atoms with Crippen molar-refractivity contribution in [3.63, 3.8) is 0 Å². The maximum Gasteiger partial charge on any atom is 0.276 e. The maximum atomic E-state index is 13.2. The normalized spacial score (nSPS) is 18.2. The molecule has 1 saturated heterocycles. The van der Waals surface area contributed by atoms with E-state index >= 15 is 0 Å². The van der Waals surface area contributed by atoms with Crippen LogP contribution in [0.25, 0.3) is 11.3 Å². The average Bonchev–Trinajstić information content (AvgIpc) is 3.61. The van der Waals surface area contributed by atoms with Gasteiger partial charge in [-0.1, -0.05) is 5.16 Å². The molecule has 224 valence electrons. The largest absolute Gasteiger partial charge is 0.543 e. The minimum atomic E-state index is -1.53. The van der Waals surface area contributed by atoms with Crippen LogP contribution in [0, 0.1) is 0 Å². The second-order valence-electron chi connectivity index (χ2n) is 9.28. The molecule has 5 rings (SSSR count). The number of nitrogens with two attached hydrogens (primary N) is 2. The zero-order chi connectivity index (χ0) is 30.8. The van der Waals surface area contributed by atoms with Crippen LogP contribution in [-0.4, -0.2) is 85.1 Å². The lowest BCUT2D eigenvalue weighted by Gasteiger charge is -2.50. The molecular weight excluding hydrogens is 602 g/mol. The lowest BCUT2D eigenvalue weighted by atomic mass is 10.0. The molecule has 0 saturated carbocycles. The number of amides is 3. The number of carboxylic acid groups (broad SMARTS) is 1. The van der Waals surface area contributed by atoms with Gasteiger partial charge in [-0.15, -0.1) is 23.1 Å². The van der Waals surface area contributed by atoms with Gasteiger partial charge < -0.3 is 36.6 Å². The number of primary amides is 1. The molecule has 0 radical (unpaired) electrons. The van der Waals surface area contributed by atoms with Gasteiger partial charge in [0, 0.05) is 22.8 Å². The number of nitrogens with zero attached hydrogens (tertiary/aromatic N) is 6. The second kappa shape index (κ2) is 12.2. The Morgan fingerprint density at radius 2 is 2.14 bits per heavy atom. The van der Waals surface area contributed by atoms with Crippen molar-refractivity contribution in [1.82, 2.24) is 25.0 Å². The number of β-lactam (4-membered cyclic amide) rings is 1. The van der Waals surface area contributed by atoms with Crippen LogP contribution in [0.5, 0.6) is 0 Å². The van der Waals surface area contributed by atoms with E-state index in [1.54, 1.807) is 29.1 Å². The number of aliphatic hydroxyl groups excluding tert-OH is 1. The fourth-order valence-corrected chi connectivity index (χ4v) is 6.61. The summed E-state index contributed by atoms with van der Waals surface area (Å²) in [7, 11) is 1.25. The molecule has 3 amide bonds. The minimum Gasteiger partial charge on any atom is -0.543 e. The Bertz CT molecular complexity index is 1680. The lowest BCUT2D eigenvalue weighted by Crippen LogP contribution is -2.71. The van der Waals surface area contributed by atoms with E-state index in [1.807, 2.05) is 0 Å². The zero-order valence-electron chi connectivity index (χ0n) is 22.5. The third-order valence-electron chi connectivity index (χ3n) is 6.56.